The Hall–Kier alpha value is -1.64. The van der Waals surface area contributed by atoms with Crippen LogP contribution in [0.3, 0.4) is 0 Å². The number of nitrogens with zero attached hydrogens (tertiary/aromatic N) is 2. The summed E-state index contributed by atoms with van der Waals surface area (Å²) in [5.74, 6) is 1.71. The fraction of sp³-hybridized carbons (Fsp3) is 0.385. The third-order valence-electron chi connectivity index (χ3n) is 2.21. The van der Waals surface area contributed by atoms with Crippen molar-refractivity contribution in [1.82, 2.24) is 9.97 Å². The number of fused-ring (bicyclic) bond motifs is 1. The van der Waals surface area contributed by atoms with Crippen molar-refractivity contribution in [2.75, 3.05) is 5.32 Å². The van der Waals surface area contributed by atoms with Crippen LogP contribution in [0.15, 0.2) is 24.3 Å². The lowest BCUT2D eigenvalue weighted by atomic mass is 10.1. The summed E-state index contributed by atoms with van der Waals surface area (Å²) in [6.07, 6.45) is 0. The number of hydrogen-bond donors (Lipinski definition) is 1. The molecule has 0 aliphatic carbocycles. The van der Waals surface area contributed by atoms with Crippen molar-refractivity contribution >= 4 is 16.7 Å². The van der Waals surface area contributed by atoms with Crippen molar-refractivity contribution in [1.29, 1.82) is 0 Å². The average Bonchev–Trinajstić information content (AvgIpc) is 2.14. The molecule has 3 heteroatoms. The number of benzene rings is 1. The fourth-order valence-corrected chi connectivity index (χ4v) is 1.64. The normalized spacial score (nSPS) is 11.8. The Morgan fingerprint density at radius 2 is 1.75 bits per heavy atom. The van der Waals surface area contributed by atoms with Crippen molar-refractivity contribution in [2.45, 2.75) is 33.2 Å². The molecule has 2 rings (SSSR count). The summed E-state index contributed by atoms with van der Waals surface area (Å²) in [6.45, 7) is 8.29. The second-order valence-electron chi connectivity index (χ2n) is 5.01. The molecule has 1 aromatic carbocycles. The molecule has 16 heavy (non-hydrogen) atoms. The summed E-state index contributed by atoms with van der Waals surface area (Å²) < 4.78 is 0. The largest absolute Gasteiger partial charge is 0.365 e. The molecular formula is C13H17N3. The highest BCUT2D eigenvalue weighted by Crippen LogP contribution is 2.22. The van der Waals surface area contributed by atoms with E-state index in [0.717, 1.165) is 22.5 Å². The third kappa shape index (κ3) is 2.30. The molecule has 1 heterocycles. The van der Waals surface area contributed by atoms with E-state index >= 15 is 0 Å². The van der Waals surface area contributed by atoms with Gasteiger partial charge in [0.2, 0.25) is 0 Å². The predicted molar refractivity (Wildman–Crippen MR) is 67.7 cm³/mol. The number of para-hydroxylation sites is 1. The van der Waals surface area contributed by atoms with Crippen molar-refractivity contribution < 1.29 is 0 Å². The summed E-state index contributed by atoms with van der Waals surface area (Å²) in [5.41, 5.74) is 0.991. The van der Waals surface area contributed by atoms with E-state index in [1.54, 1.807) is 0 Å². The Bertz CT molecular complexity index is 512. The third-order valence-corrected chi connectivity index (χ3v) is 2.21. The topological polar surface area (TPSA) is 37.8 Å². The van der Waals surface area contributed by atoms with Gasteiger partial charge in [-0.05, 0) is 39.8 Å². The van der Waals surface area contributed by atoms with Gasteiger partial charge in [0, 0.05) is 10.9 Å². The fourth-order valence-electron chi connectivity index (χ4n) is 1.64. The zero-order chi connectivity index (χ0) is 11.8. The van der Waals surface area contributed by atoms with Gasteiger partial charge >= 0.3 is 0 Å². The molecule has 0 amide bonds. The second kappa shape index (κ2) is 3.74. The molecule has 2 aromatic rings. The summed E-state index contributed by atoms with van der Waals surface area (Å²) >= 11 is 0. The van der Waals surface area contributed by atoms with Crippen LogP contribution in [0.25, 0.3) is 10.9 Å². The zero-order valence-corrected chi connectivity index (χ0v) is 10.2. The molecule has 3 nitrogen and oxygen atoms in total. The highest BCUT2D eigenvalue weighted by molar-refractivity contribution is 5.89. The highest BCUT2D eigenvalue weighted by atomic mass is 15.1. The van der Waals surface area contributed by atoms with Gasteiger partial charge in [0.25, 0.3) is 0 Å². The molecule has 0 saturated carbocycles. The van der Waals surface area contributed by atoms with Crippen LogP contribution in [-0.2, 0) is 0 Å². The van der Waals surface area contributed by atoms with Gasteiger partial charge in [-0.1, -0.05) is 12.1 Å². The van der Waals surface area contributed by atoms with Crippen molar-refractivity contribution in [3.63, 3.8) is 0 Å². The van der Waals surface area contributed by atoms with Crippen LogP contribution in [0.4, 0.5) is 5.82 Å². The highest BCUT2D eigenvalue weighted by Gasteiger charge is 2.13. The summed E-state index contributed by atoms with van der Waals surface area (Å²) in [6, 6.07) is 8.06. The van der Waals surface area contributed by atoms with E-state index in [1.807, 2.05) is 31.2 Å². The van der Waals surface area contributed by atoms with Gasteiger partial charge in [0.15, 0.2) is 0 Å². The number of rotatable bonds is 1. The maximum Gasteiger partial charge on any atom is 0.138 e. The predicted octanol–water partition coefficient (Wildman–Crippen LogP) is 3.15. The molecule has 0 radical (unpaired) electrons. The van der Waals surface area contributed by atoms with Gasteiger partial charge < -0.3 is 5.32 Å². The van der Waals surface area contributed by atoms with Crippen molar-refractivity contribution in [3.8, 4) is 0 Å². The lowest BCUT2D eigenvalue weighted by Crippen LogP contribution is -2.27. The number of aromatic nitrogens is 2. The van der Waals surface area contributed by atoms with Crippen LogP contribution in [-0.4, -0.2) is 15.5 Å². The Morgan fingerprint density at radius 3 is 2.44 bits per heavy atom. The van der Waals surface area contributed by atoms with Gasteiger partial charge in [-0.3, -0.25) is 0 Å². The van der Waals surface area contributed by atoms with Gasteiger partial charge in [0.05, 0.1) is 5.52 Å². The Labute approximate surface area is 95.9 Å². The van der Waals surface area contributed by atoms with E-state index in [2.05, 4.69) is 36.1 Å². The first kappa shape index (κ1) is 10.9. The molecule has 0 aliphatic heterocycles. The van der Waals surface area contributed by atoms with Gasteiger partial charge in [-0.25, -0.2) is 9.97 Å². The molecule has 0 aliphatic rings. The molecule has 1 aromatic heterocycles. The van der Waals surface area contributed by atoms with E-state index in [4.69, 9.17) is 0 Å². The summed E-state index contributed by atoms with van der Waals surface area (Å²) in [5, 5.41) is 4.49. The smallest absolute Gasteiger partial charge is 0.138 e. The SMILES string of the molecule is Cc1nc(NC(C)(C)C)c2ccccc2n1. The molecule has 0 spiro atoms. The van der Waals surface area contributed by atoms with Gasteiger partial charge in [-0.15, -0.1) is 0 Å². The van der Waals surface area contributed by atoms with Gasteiger partial charge in [-0.2, -0.15) is 0 Å². The quantitative estimate of drug-likeness (QED) is 0.794. The van der Waals surface area contributed by atoms with Crippen molar-refractivity contribution in [2.24, 2.45) is 0 Å². The van der Waals surface area contributed by atoms with E-state index in [-0.39, 0.29) is 5.54 Å². The minimum absolute atomic E-state index is 0.00354. The van der Waals surface area contributed by atoms with E-state index in [1.165, 1.54) is 0 Å². The first-order valence-corrected chi connectivity index (χ1v) is 5.47. The number of hydrogen-bond acceptors (Lipinski definition) is 3. The van der Waals surface area contributed by atoms with Crippen LogP contribution in [0.5, 0.6) is 0 Å². The van der Waals surface area contributed by atoms with Crippen LogP contribution >= 0.6 is 0 Å². The summed E-state index contributed by atoms with van der Waals surface area (Å²) in [7, 11) is 0. The molecular weight excluding hydrogens is 198 g/mol. The summed E-state index contributed by atoms with van der Waals surface area (Å²) in [4.78, 5) is 8.88. The number of anilines is 1. The first-order chi connectivity index (χ1) is 7.46. The monoisotopic (exact) mass is 215 g/mol. The molecule has 84 valence electrons. The molecule has 0 unspecified atom stereocenters. The maximum absolute atomic E-state index is 4.46. The van der Waals surface area contributed by atoms with E-state index < -0.39 is 0 Å². The number of aryl methyl sites for hydroxylation is 1. The maximum atomic E-state index is 4.46. The van der Waals surface area contributed by atoms with E-state index in [0.29, 0.717) is 0 Å². The van der Waals surface area contributed by atoms with E-state index in [9.17, 15) is 0 Å². The van der Waals surface area contributed by atoms with Crippen molar-refractivity contribution in [3.05, 3.63) is 30.1 Å². The van der Waals surface area contributed by atoms with Crippen LogP contribution in [0.1, 0.15) is 26.6 Å². The average molecular weight is 215 g/mol. The van der Waals surface area contributed by atoms with Gasteiger partial charge in [0.1, 0.15) is 11.6 Å². The number of nitrogens with one attached hydrogen (secondary N) is 1. The Balaban J connectivity index is 2.59. The molecule has 1 N–H and O–H groups in total. The molecule has 0 atom stereocenters. The Kier molecular flexibility index (Phi) is 2.54. The molecule has 0 saturated heterocycles. The first-order valence-electron chi connectivity index (χ1n) is 5.47. The standard InChI is InChI=1S/C13H17N3/c1-9-14-11-8-6-5-7-10(11)12(15-9)16-13(2,3)4/h5-8H,1-4H3,(H,14,15,16). The van der Waals surface area contributed by atoms with Crippen LogP contribution < -0.4 is 5.32 Å². The minimum Gasteiger partial charge on any atom is -0.365 e. The molecule has 0 fully saturated rings. The van der Waals surface area contributed by atoms with Crippen LogP contribution in [0.2, 0.25) is 0 Å². The lowest BCUT2D eigenvalue weighted by Gasteiger charge is -2.22. The molecule has 0 bridgehead atoms. The Morgan fingerprint density at radius 1 is 1.06 bits per heavy atom. The minimum atomic E-state index is 0.00354. The van der Waals surface area contributed by atoms with Crippen LogP contribution in [0, 0.1) is 6.92 Å². The lowest BCUT2D eigenvalue weighted by molar-refractivity contribution is 0.631. The second-order valence-corrected chi connectivity index (χ2v) is 5.01. The zero-order valence-electron chi connectivity index (χ0n) is 10.2.